The second kappa shape index (κ2) is 9.20. The monoisotopic (exact) mass is 492 g/mol. The molecule has 0 saturated carbocycles. The summed E-state index contributed by atoms with van der Waals surface area (Å²) in [6, 6.07) is 10.00. The maximum atomic E-state index is 13.5. The first-order valence-electron chi connectivity index (χ1n) is 10.3. The van der Waals surface area contributed by atoms with Crippen molar-refractivity contribution in [1.82, 2.24) is 19.3 Å². The van der Waals surface area contributed by atoms with Crippen LogP contribution in [-0.4, -0.2) is 60.9 Å². The summed E-state index contributed by atoms with van der Waals surface area (Å²) < 4.78 is 45.0. The zero-order valence-corrected chi connectivity index (χ0v) is 19.6. The average Bonchev–Trinajstić information content (AvgIpc) is 3.29. The van der Waals surface area contributed by atoms with Gasteiger partial charge in [-0.3, -0.25) is 4.79 Å². The van der Waals surface area contributed by atoms with Gasteiger partial charge < -0.3 is 9.42 Å². The fourth-order valence-corrected chi connectivity index (χ4v) is 4.85. The fraction of sp³-hybridized carbons (Fsp3) is 0.318. The number of aromatic nitrogens is 2. The Hall–Kier alpha value is -2.82. The fourth-order valence-electron chi connectivity index (χ4n) is 3.72. The molecule has 0 bridgehead atoms. The second-order valence-electron chi connectivity index (χ2n) is 7.99. The number of piperidine rings is 1. The van der Waals surface area contributed by atoms with Crippen molar-refractivity contribution in [2.75, 3.05) is 27.2 Å². The summed E-state index contributed by atoms with van der Waals surface area (Å²) in [6.07, 6.45) is 1.43. The predicted octanol–water partition coefficient (Wildman–Crippen LogP) is 3.80. The van der Waals surface area contributed by atoms with Gasteiger partial charge in [-0.25, -0.2) is 17.1 Å². The van der Waals surface area contributed by atoms with E-state index in [0.29, 0.717) is 31.0 Å². The molecule has 1 saturated heterocycles. The zero-order chi connectivity index (χ0) is 23.8. The Labute approximate surface area is 196 Å². The summed E-state index contributed by atoms with van der Waals surface area (Å²) in [6.45, 7) is 0.797. The van der Waals surface area contributed by atoms with E-state index < -0.39 is 15.8 Å². The van der Waals surface area contributed by atoms with Crippen LogP contribution >= 0.6 is 11.6 Å². The summed E-state index contributed by atoms with van der Waals surface area (Å²) >= 11 is 6.25. The maximum absolute atomic E-state index is 13.5. The molecule has 1 unspecified atom stereocenters. The molecule has 2 aromatic carbocycles. The number of carbonyl (C=O) groups excluding carboxylic acids is 1. The highest BCUT2D eigenvalue weighted by Crippen LogP contribution is 2.30. The quantitative estimate of drug-likeness (QED) is 0.537. The van der Waals surface area contributed by atoms with Crippen LogP contribution in [0.1, 0.15) is 35.0 Å². The summed E-state index contributed by atoms with van der Waals surface area (Å²) in [5.41, 5.74) is 0.616. The van der Waals surface area contributed by atoms with E-state index in [2.05, 4.69) is 10.1 Å². The van der Waals surface area contributed by atoms with Crippen LogP contribution in [0.25, 0.3) is 11.4 Å². The van der Waals surface area contributed by atoms with Crippen LogP contribution in [0.3, 0.4) is 0 Å². The van der Waals surface area contributed by atoms with Crippen LogP contribution in [0.2, 0.25) is 5.02 Å². The maximum Gasteiger partial charge on any atom is 0.255 e. The number of sulfonamides is 1. The van der Waals surface area contributed by atoms with Crippen LogP contribution in [0.4, 0.5) is 4.39 Å². The number of rotatable bonds is 5. The lowest BCUT2D eigenvalue weighted by Gasteiger charge is -2.31. The molecule has 33 heavy (non-hydrogen) atoms. The van der Waals surface area contributed by atoms with Crippen molar-refractivity contribution in [1.29, 1.82) is 0 Å². The highest BCUT2D eigenvalue weighted by molar-refractivity contribution is 7.89. The lowest BCUT2D eigenvalue weighted by Crippen LogP contribution is -2.39. The third kappa shape index (κ3) is 4.78. The van der Waals surface area contributed by atoms with Crippen molar-refractivity contribution < 1.29 is 22.1 Å². The van der Waals surface area contributed by atoms with Crippen molar-refractivity contribution in [3.8, 4) is 11.4 Å². The largest absolute Gasteiger partial charge is 0.339 e. The minimum Gasteiger partial charge on any atom is -0.339 e. The Balaban J connectivity index is 1.55. The predicted molar refractivity (Wildman–Crippen MR) is 120 cm³/mol. The molecular weight excluding hydrogens is 471 g/mol. The number of halogens is 2. The first kappa shape index (κ1) is 23.3. The highest BCUT2D eigenvalue weighted by Gasteiger charge is 2.31. The summed E-state index contributed by atoms with van der Waals surface area (Å²) in [7, 11) is -0.877. The summed E-state index contributed by atoms with van der Waals surface area (Å²) in [5.74, 6) is -0.335. The molecule has 174 valence electrons. The molecule has 2 heterocycles. The Morgan fingerprint density at radius 3 is 2.76 bits per heavy atom. The first-order valence-corrected chi connectivity index (χ1v) is 12.1. The average molecular weight is 493 g/mol. The lowest BCUT2D eigenvalue weighted by atomic mass is 9.97. The van der Waals surface area contributed by atoms with Crippen molar-refractivity contribution in [2.45, 2.75) is 23.7 Å². The van der Waals surface area contributed by atoms with Crippen LogP contribution in [0.5, 0.6) is 0 Å². The van der Waals surface area contributed by atoms with Gasteiger partial charge in [-0.2, -0.15) is 4.98 Å². The molecule has 11 heteroatoms. The van der Waals surface area contributed by atoms with Gasteiger partial charge in [0.1, 0.15) is 5.82 Å². The van der Waals surface area contributed by atoms with Crippen molar-refractivity contribution in [3.63, 3.8) is 0 Å². The first-order chi connectivity index (χ1) is 15.7. The Kier molecular flexibility index (Phi) is 6.51. The van der Waals surface area contributed by atoms with Crippen LogP contribution in [-0.2, 0) is 10.0 Å². The van der Waals surface area contributed by atoms with E-state index in [4.69, 9.17) is 16.1 Å². The number of hydrogen-bond donors (Lipinski definition) is 0. The number of carbonyl (C=O) groups is 1. The molecule has 0 N–H and O–H groups in total. The number of likely N-dealkylation sites (tertiary alicyclic amines) is 1. The molecule has 1 atom stereocenters. The van der Waals surface area contributed by atoms with Crippen molar-refractivity contribution in [3.05, 3.63) is 64.8 Å². The topological polar surface area (TPSA) is 96.6 Å². The molecule has 0 aliphatic carbocycles. The molecule has 1 aliphatic rings. The number of hydrogen-bond acceptors (Lipinski definition) is 6. The van der Waals surface area contributed by atoms with Gasteiger partial charge in [0.25, 0.3) is 5.91 Å². The van der Waals surface area contributed by atoms with Gasteiger partial charge in [0.2, 0.25) is 21.7 Å². The van der Waals surface area contributed by atoms with Gasteiger partial charge in [-0.1, -0.05) is 28.9 Å². The SMILES string of the molecule is CN(C)S(=O)(=O)c1ccc(Cl)c(C(=O)N2CCCC(c3nc(-c4cccc(F)c4)no3)C2)c1. The van der Waals surface area contributed by atoms with E-state index in [1.807, 2.05) is 0 Å². The molecule has 8 nitrogen and oxygen atoms in total. The van der Waals surface area contributed by atoms with Gasteiger partial charge >= 0.3 is 0 Å². The van der Waals surface area contributed by atoms with E-state index in [9.17, 15) is 17.6 Å². The van der Waals surface area contributed by atoms with Crippen LogP contribution < -0.4 is 0 Å². The van der Waals surface area contributed by atoms with E-state index in [1.165, 1.54) is 44.4 Å². The van der Waals surface area contributed by atoms with Crippen LogP contribution in [0, 0.1) is 5.82 Å². The van der Waals surface area contributed by atoms with Gasteiger partial charge in [-0.15, -0.1) is 0 Å². The molecular formula is C22H22ClFN4O4S. The highest BCUT2D eigenvalue weighted by atomic mass is 35.5. The third-order valence-electron chi connectivity index (χ3n) is 5.53. The van der Waals surface area contributed by atoms with Crippen molar-refractivity contribution in [2.24, 2.45) is 0 Å². The Morgan fingerprint density at radius 1 is 1.24 bits per heavy atom. The Bertz CT molecular complexity index is 1300. The molecule has 1 aromatic heterocycles. The van der Waals surface area contributed by atoms with E-state index >= 15 is 0 Å². The van der Waals surface area contributed by atoms with Gasteiger partial charge in [-0.05, 0) is 43.2 Å². The normalized spacial score (nSPS) is 16.9. The van der Waals surface area contributed by atoms with E-state index in [1.54, 1.807) is 17.0 Å². The minimum atomic E-state index is -3.72. The third-order valence-corrected chi connectivity index (χ3v) is 7.67. The van der Waals surface area contributed by atoms with E-state index in [-0.39, 0.29) is 33.1 Å². The molecule has 0 spiro atoms. The standard InChI is InChI=1S/C22H22ClFN4O4S/c1-27(2)33(30,31)17-8-9-19(23)18(12-17)22(29)28-10-4-6-15(13-28)21-25-20(26-32-21)14-5-3-7-16(24)11-14/h3,5,7-9,11-12,15H,4,6,10,13H2,1-2H3. The van der Waals surface area contributed by atoms with Gasteiger partial charge in [0.05, 0.1) is 21.4 Å². The van der Waals surface area contributed by atoms with Crippen molar-refractivity contribution >= 4 is 27.5 Å². The molecule has 1 aliphatic heterocycles. The second-order valence-corrected chi connectivity index (χ2v) is 10.5. The molecule has 3 aromatic rings. The smallest absolute Gasteiger partial charge is 0.255 e. The van der Waals surface area contributed by atoms with Gasteiger partial charge in [0.15, 0.2) is 0 Å². The zero-order valence-electron chi connectivity index (χ0n) is 18.0. The number of nitrogens with zero attached hydrogens (tertiary/aromatic N) is 4. The molecule has 4 rings (SSSR count). The minimum absolute atomic E-state index is 0.00885. The molecule has 0 radical (unpaired) electrons. The number of amides is 1. The summed E-state index contributed by atoms with van der Waals surface area (Å²) in [4.78, 5) is 19.2. The van der Waals surface area contributed by atoms with Crippen LogP contribution in [0.15, 0.2) is 51.9 Å². The Morgan fingerprint density at radius 2 is 2.03 bits per heavy atom. The van der Waals surface area contributed by atoms with E-state index in [0.717, 1.165) is 10.7 Å². The molecule has 1 amide bonds. The molecule has 1 fully saturated rings. The number of benzene rings is 2. The summed E-state index contributed by atoms with van der Waals surface area (Å²) in [5, 5.41) is 4.12. The van der Waals surface area contributed by atoms with Gasteiger partial charge in [0, 0.05) is 32.7 Å². The lowest BCUT2D eigenvalue weighted by molar-refractivity contribution is 0.0695.